The molecule has 2 aromatic rings. The van der Waals surface area contributed by atoms with Crippen LogP contribution in [0.2, 0.25) is 0 Å². The molecule has 0 aliphatic heterocycles. The zero-order valence-corrected chi connectivity index (χ0v) is 10.3. The number of aromatic nitrogens is 2. The van der Waals surface area contributed by atoms with Crippen molar-refractivity contribution in [1.29, 1.82) is 0 Å². The molecule has 1 heterocycles. The lowest BCUT2D eigenvalue weighted by Crippen LogP contribution is -2.05. The minimum Gasteiger partial charge on any atom is -0.478 e. The Labute approximate surface area is 111 Å². The fourth-order valence-corrected chi connectivity index (χ4v) is 1.62. The number of carboxylic acid groups (broad SMARTS) is 1. The van der Waals surface area contributed by atoms with E-state index in [9.17, 15) is 18.0 Å². The van der Waals surface area contributed by atoms with Gasteiger partial charge in [-0.05, 0) is 19.1 Å². The van der Waals surface area contributed by atoms with Crippen LogP contribution in [0, 0.1) is 6.92 Å². The van der Waals surface area contributed by atoms with Gasteiger partial charge in [0, 0.05) is 11.8 Å². The number of carboxylic acids is 1. The van der Waals surface area contributed by atoms with Crippen LogP contribution in [0.3, 0.4) is 0 Å². The van der Waals surface area contributed by atoms with Crippen LogP contribution in [0.5, 0.6) is 0 Å². The third kappa shape index (κ3) is 2.76. The number of rotatable bonds is 2. The van der Waals surface area contributed by atoms with Crippen LogP contribution in [0.25, 0.3) is 11.4 Å². The third-order valence-corrected chi connectivity index (χ3v) is 2.68. The predicted molar refractivity (Wildman–Crippen MR) is 64.2 cm³/mol. The number of hydrogen-bond donors (Lipinski definition) is 1. The maximum atomic E-state index is 12.4. The highest BCUT2D eigenvalue weighted by molar-refractivity contribution is 5.88. The molecule has 1 aromatic carbocycles. The molecule has 0 spiro atoms. The number of halogens is 3. The fourth-order valence-electron chi connectivity index (χ4n) is 1.62. The molecule has 104 valence electrons. The molecule has 0 bridgehead atoms. The Balaban J connectivity index is 2.37. The molecular formula is C13H9F3N2O2. The van der Waals surface area contributed by atoms with E-state index < -0.39 is 17.7 Å². The summed E-state index contributed by atoms with van der Waals surface area (Å²) in [5.41, 5.74) is -0.166. The van der Waals surface area contributed by atoms with Gasteiger partial charge in [0.05, 0.1) is 16.8 Å². The van der Waals surface area contributed by atoms with Crippen molar-refractivity contribution in [2.45, 2.75) is 13.1 Å². The van der Waals surface area contributed by atoms with Gasteiger partial charge in [-0.15, -0.1) is 0 Å². The van der Waals surface area contributed by atoms with Crippen LogP contribution in [0.15, 0.2) is 30.5 Å². The van der Waals surface area contributed by atoms with E-state index in [1.165, 1.54) is 19.1 Å². The van der Waals surface area contributed by atoms with Gasteiger partial charge < -0.3 is 5.11 Å². The van der Waals surface area contributed by atoms with E-state index in [0.29, 0.717) is 5.56 Å². The molecule has 0 unspecified atom stereocenters. The van der Waals surface area contributed by atoms with Crippen molar-refractivity contribution in [3.63, 3.8) is 0 Å². The molecule has 0 fully saturated rings. The minimum atomic E-state index is -4.40. The number of benzene rings is 1. The smallest absolute Gasteiger partial charge is 0.416 e. The van der Waals surface area contributed by atoms with E-state index in [2.05, 4.69) is 9.97 Å². The summed E-state index contributed by atoms with van der Waals surface area (Å²) in [6.45, 7) is 1.50. The quantitative estimate of drug-likeness (QED) is 0.919. The molecule has 0 aliphatic rings. The van der Waals surface area contributed by atoms with E-state index >= 15 is 0 Å². The van der Waals surface area contributed by atoms with Crippen LogP contribution in [-0.2, 0) is 6.18 Å². The van der Waals surface area contributed by atoms with Gasteiger partial charge >= 0.3 is 12.1 Å². The second-order valence-electron chi connectivity index (χ2n) is 4.07. The Morgan fingerprint density at radius 2 is 1.80 bits per heavy atom. The van der Waals surface area contributed by atoms with Gasteiger partial charge in [-0.3, -0.25) is 0 Å². The molecule has 4 nitrogen and oxygen atoms in total. The molecule has 1 N–H and O–H groups in total. The highest BCUT2D eigenvalue weighted by Gasteiger charge is 2.30. The molecule has 0 saturated carbocycles. The van der Waals surface area contributed by atoms with E-state index in [1.54, 1.807) is 0 Å². The fraction of sp³-hybridized carbons (Fsp3) is 0.154. The zero-order chi connectivity index (χ0) is 14.9. The van der Waals surface area contributed by atoms with Gasteiger partial charge in [-0.25, -0.2) is 14.8 Å². The average Bonchev–Trinajstić information content (AvgIpc) is 2.37. The summed E-state index contributed by atoms with van der Waals surface area (Å²) >= 11 is 0. The second-order valence-corrected chi connectivity index (χ2v) is 4.07. The number of hydrogen-bond acceptors (Lipinski definition) is 3. The van der Waals surface area contributed by atoms with Crippen LogP contribution in [0.4, 0.5) is 13.2 Å². The Bertz CT molecular complexity index is 652. The highest BCUT2D eigenvalue weighted by Crippen LogP contribution is 2.30. The van der Waals surface area contributed by atoms with Crippen molar-refractivity contribution in [3.8, 4) is 11.4 Å². The Hall–Kier alpha value is -2.44. The first kappa shape index (κ1) is 14.0. The normalized spacial score (nSPS) is 11.4. The second kappa shape index (κ2) is 4.92. The maximum Gasteiger partial charge on any atom is 0.416 e. The van der Waals surface area contributed by atoms with Crippen molar-refractivity contribution in [2.75, 3.05) is 0 Å². The van der Waals surface area contributed by atoms with Gasteiger partial charge in [0.15, 0.2) is 5.82 Å². The van der Waals surface area contributed by atoms with Crippen molar-refractivity contribution < 1.29 is 23.1 Å². The molecule has 0 atom stereocenters. The summed E-state index contributed by atoms with van der Waals surface area (Å²) in [7, 11) is 0. The number of carbonyl (C=O) groups is 1. The number of nitrogens with zero attached hydrogens (tertiary/aromatic N) is 2. The van der Waals surface area contributed by atoms with E-state index in [-0.39, 0.29) is 17.1 Å². The van der Waals surface area contributed by atoms with Gasteiger partial charge in [0.25, 0.3) is 0 Å². The Kier molecular flexibility index (Phi) is 3.44. The molecule has 1 aromatic heterocycles. The van der Waals surface area contributed by atoms with Crippen LogP contribution in [0.1, 0.15) is 21.6 Å². The van der Waals surface area contributed by atoms with Crippen molar-refractivity contribution >= 4 is 5.97 Å². The Morgan fingerprint density at radius 3 is 2.25 bits per heavy atom. The number of alkyl halides is 3. The van der Waals surface area contributed by atoms with Crippen LogP contribution >= 0.6 is 0 Å². The summed E-state index contributed by atoms with van der Waals surface area (Å²) in [6.07, 6.45) is -3.26. The largest absolute Gasteiger partial charge is 0.478 e. The predicted octanol–water partition coefficient (Wildman–Crippen LogP) is 3.17. The summed E-state index contributed by atoms with van der Waals surface area (Å²) in [6, 6.07) is 4.36. The minimum absolute atomic E-state index is 0.0411. The monoisotopic (exact) mass is 282 g/mol. The molecule has 20 heavy (non-hydrogen) atoms. The van der Waals surface area contributed by atoms with E-state index in [0.717, 1.165) is 18.3 Å². The van der Waals surface area contributed by atoms with Gasteiger partial charge in [0.2, 0.25) is 0 Å². The first-order chi connectivity index (χ1) is 9.29. The lowest BCUT2D eigenvalue weighted by molar-refractivity contribution is -0.137. The van der Waals surface area contributed by atoms with E-state index in [1.807, 2.05) is 0 Å². The van der Waals surface area contributed by atoms with Crippen molar-refractivity contribution in [3.05, 3.63) is 47.3 Å². The molecule has 7 heteroatoms. The molecule has 0 aliphatic carbocycles. The number of aromatic carboxylic acids is 1. The third-order valence-electron chi connectivity index (χ3n) is 2.68. The molecule has 2 rings (SSSR count). The zero-order valence-electron chi connectivity index (χ0n) is 10.3. The molecular weight excluding hydrogens is 273 g/mol. The standard InChI is InChI=1S/C13H9F3N2O2/c1-7-10(12(19)20)6-17-11(18-7)8-2-4-9(5-3-8)13(14,15)16/h2-6H,1H3,(H,19,20). The van der Waals surface area contributed by atoms with Crippen molar-refractivity contribution in [2.24, 2.45) is 0 Å². The summed E-state index contributed by atoms with van der Waals surface area (Å²) in [4.78, 5) is 18.7. The maximum absolute atomic E-state index is 12.4. The molecule has 0 amide bonds. The molecule has 0 saturated heterocycles. The number of aryl methyl sites for hydroxylation is 1. The first-order valence-corrected chi connectivity index (χ1v) is 5.53. The lowest BCUT2D eigenvalue weighted by Gasteiger charge is -2.07. The summed E-state index contributed by atoms with van der Waals surface area (Å²) in [5, 5.41) is 8.85. The lowest BCUT2D eigenvalue weighted by atomic mass is 10.1. The summed E-state index contributed by atoms with van der Waals surface area (Å²) < 4.78 is 37.3. The average molecular weight is 282 g/mol. The van der Waals surface area contributed by atoms with Crippen LogP contribution in [-0.4, -0.2) is 21.0 Å². The van der Waals surface area contributed by atoms with Crippen molar-refractivity contribution in [1.82, 2.24) is 9.97 Å². The highest BCUT2D eigenvalue weighted by atomic mass is 19.4. The van der Waals surface area contributed by atoms with Gasteiger partial charge in [0.1, 0.15) is 0 Å². The Morgan fingerprint density at radius 1 is 1.20 bits per heavy atom. The SMILES string of the molecule is Cc1nc(-c2ccc(C(F)(F)F)cc2)ncc1C(=O)O. The topological polar surface area (TPSA) is 63.1 Å². The van der Waals surface area contributed by atoms with Gasteiger partial charge in [-0.1, -0.05) is 12.1 Å². The summed E-state index contributed by atoms with van der Waals surface area (Å²) in [5.74, 6) is -0.970. The first-order valence-electron chi connectivity index (χ1n) is 5.53. The van der Waals surface area contributed by atoms with E-state index in [4.69, 9.17) is 5.11 Å². The van der Waals surface area contributed by atoms with Crippen LogP contribution < -0.4 is 0 Å². The van der Waals surface area contributed by atoms with Gasteiger partial charge in [-0.2, -0.15) is 13.2 Å². The molecule has 0 radical (unpaired) electrons.